The monoisotopic (exact) mass is 382 g/mol. The smallest absolute Gasteiger partial charge is 0.272 e. The first-order chi connectivity index (χ1) is 13.4. The minimum Gasteiger partial charge on any atom is -0.347 e. The van der Waals surface area contributed by atoms with Gasteiger partial charge in [-0.15, -0.1) is 0 Å². The Morgan fingerprint density at radius 2 is 1.75 bits per heavy atom. The molecule has 1 aromatic heterocycles. The van der Waals surface area contributed by atoms with Gasteiger partial charge in [0.15, 0.2) is 5.79 Å². The van der Waals surface area contributed by atoms with Crippen molar-refractivity contribution in [3.63, 3.8) is 0 Å². The van der Waals surface area contributed by atoms with Crippen LogP contribution in [0.15, 0.2) is 24.3 Å². The predicted octanol–water partition coefficient (Wildman–Crippen LogP) is 3.12. The molecule has 0 unspecified atom stereocenters. The summed E-state index contributed by atoms with van der Waals surface area (Å²) in [6.07, 6.45) is 1.38. The molecule has 1 spiro atoms. The van der Waals surface area contributed by atoms with Crippen LogP contribution in [0, 0.1) is 20.8 Å². The lowest BCUT2D eigenvalue weighted by atomic mass is 10.0. The summed E-state index contributed by atoms with van der Waals surface area (Å²) in [6.45, 7) is 8.41. The maximum absolute atomic E-state index is 13.0. The molecule has 0 atom stereocenters. The average Bonchev–Trinajstić information content (AvgIpc) is 3.12. The SMILES string of the molecule is Cc1nc(Nc2ccc(C)c(C)c2)cc(C(=O)N2CCC3(CC2)OCCO3)n1. The molecule has 1 N–H and O–H groups in total. The number of aromatic nitrogens is 2. The van der Waals surface area contributed by atoms with Gasteiger partial charge in [0.1, 0.15) is 17.3 Å². The Hall–Kier alpha value is -2.51. The van der Waals surface area contributed by atoms with Crippen molar-refractivity contribution < 1.29 is 14.3 Å². The molecular weight excluding hydrogens is 356 g/mol. The van der Waals surface area contributed by atoms with E-state index in [2.05, 4.69) is 41.3 Å². The maximum atomic E-state index is 13.0. The Labute approximate surface area is 165 Å². The first-order valence-electron chi connectivity index (χ1n) is 9.71. The highest BCUT2D eigenvalue weighted by atomic mass is 16.7. The highest BCUT2D eigenvalue weighted by Crippen LogP contribution is 2.31. The molecule has 2 saturated heterocycles. The number of piperidine rings is 1. The van der Waals surface area contributed by atoms with E-state index in [1.165, 1.54) is 11.1 Å². The lowest BCUT2D eigenvalue weighted by molar-refractivity contribution is -0.181. The largest absolute Gasteiger partial charge is 0.347 e. The minimum atomic E-state index is -0.492. The topological polar surface area (TPSA) is 76.6 Å². The standard InChI is InChI=1S/C21H26N4O3/c1-14-4-5-17(12-15(14)2)24-19-13-18(22-16(3)23-19)20(26)25-8-6-21(7-9-25)27-10-11-28-21/h4-5,12-13H,6-11H2,1-3H3,(H,22,23,24). The van der Waals surface area contributed by atoms with Crippen molar-refractivity contribution in [3.05, 3.63) is 46.9 Å². The molecule has 1 amide bonds. The number of anilines is 2. The van der Waals surface area contributed by atoms with E-state index in [0.29, 0.717) is 56.5 Å². The van der Waals surface area contributed by atoms with Gasteiger partial charge in [-0.05, 0) is 44.0 Å². The van der Waals surface area contributed by atoms with E-state index in [-0.39, 0.29) is 5.91 Å². The van der Waals surface area contributed by atoms with E-state index in [1.54, 1.807) is 13.0 Å². The summed E-state index contributed by atoms with van der Waals surface area (Å²) in [4.78, 5) is 23.6. The zero-order valence-corrected chi connectivity index (χ0v) is 16.6. The van der Waals surface area contributed by atoms with Crippen molar-refractivity contribution in [3.8, 4) is 0 Å². The fourth-order valence-corrected chi connectivity index (χ4v) is 3.71. The van der Waals surface area contributed by atoms with Crippen LogP contribution < -0.4 is 5.32 Å². The van der Waals surface area contributed by atoms with Gasteiger partial charge in [-0.1, -0.05) is 6.07 Å². The first-order valence-corrected chi connectivity index (χ1v) is 9.71. The average molecular weight is 382 g/mol. The molecule has 7 nitrogen and oxygen atoms in total. The third-order valence-corrected chi connectivity index (χ3v) is 5.46. The van der Waals surface area contributed by atoms with Gasteiger partial charge in [0.25, 0.3) is 5.91 Å². The van der Waals surface area contributed by atoms with Crippen LogP contribution in [0.25, 0.3) is 0 Å². The zero-order valence-electron chi connectivity index (χ0n) is 16.6. The van der Waals surface area contributed by atoms with Gasteiger partial charge in [-0.3, -0.25) is 4.79 Å². The van der Waals surface area contributed by atoms with Gasteiger partial charge in [0.05, 0.1) is 13.2 Å². The van der Waals surface area contributed by atoms with Crippen LogP contribution in [-0.4, -0.2) is 52.9 Å². The molecule has 2 aliphatic rings. The number of rotatable bonds is 3. The molecule has 0 radical (unpaired) electrons. The minimum absolute atomic E-state index is 0.0820. The number of hydrogen-bond acceptors (Lipinski definition) is 6. The van der Waals surface area contributed by atoms with Gasteiger partial charge in [0.2, 0.25) is 0 Å². The van der Waals surface area contributed by atoms with E-state index in [4.69, 9.17) is 9.47 Å². The highest BCUT2D eigenvalue weighted by Gasteiger charge is 2.41. The van der Waals surface area contributed by atoms with Crippen LogP contribution in [0.1, 0.15) is 40.3 Å². The number of benzene rings is 1. The molecule has 2 fully saturated rings. The van der Waals surface area contributed by atoms with Crippen molar-refractivity contribution >= 4 is 17.4 Å². The van der Waals surface area contributed by atoms with Gasteiger partial charge in [0, 0.05) is 37.7 Å². The molecule has 0 saturated carbocycles. The molecular formula is C21H26N4O3. The lowest BCUT2D eigenvalue weighted by Crippen LogP contribution is -2.47. The van der Waals surface area contributed by atoms with Crippen molar-refractivity contribution in [2.24, 2.45) is 0 Å². The third kappa shape index (κ3) is 3.86. The summed E-state index contributed by atoms with van der Waals surface area (Å²) in [6, 6.07) is 7.86. The maximum Gasteiger partial charge on any atom is 0.272 e. The number of carbonyl (C=O) groups is 1. The fraction of sp³-hybridized carbons (Fsp3) is 0.476. The Bertz CT molecular complexity index is 883. The molecule has 4 rings (SSSR count). The van der Waals surface area contributed by atoms with E-state index < -0.39 is 5.79 Å². The zero-order chi connectivity index (χ0) is 19.7. The summed E-state index contributed by atoms with van der Waals surface area (Å²) in [5.74, 6) is 0.610. The van der Waals surface area contributed by atoms with Gasteiger partial charge >= 0.3 is 0 Å². The van der Waals surface area contributed by atoms with E-state index in [1.807, 2.05) is 11.0 Å². The Balaban J connectivity index is 1.48. The van der Waals surface area contributed by atoms with E-state index >= 15 is 0 Å². The number of nitrogens with one attached hydrogen (secondary N) is 1. The normalized spacial score (nSPS) is 18.5. The Morgan fingerprint density at radius 3 is 2.43 bits per heavy atom. The van der Waals surface area contributed by atoms with Gasteiger partial charge < -0.3 is 19.7 Å². The molecule has 0 bridgehead atoms. The van der Waals surface area contributed by atoms with Crippen molar-refractivity contribution in [1.29, 1.82) is 0 Å². The number of nitrogens with zero attached hydrogens (tertiary/aromatic N) is 3. The molecule has 2 aromatic rings. The van der Waals surface area contributed by atoms with E-state index in [0.717, 1.165) is 5.69 Å². The van der Waals surface area contributed by atoms with Gasteiger partial charge in [-0.2, -0.15) is 0 Å². The molecule has 7 heteroatoms. The number of amides is 1. The van der Waals surface area contributed by atoms with E-state index in [9.17, 15) is 4.79 Å². The lowest BCUT2D eigenvalue weighted by Gasteiger charge is -2.37. The Morgan fingerprint density at radius 1 is 1.04 bits per heavy atom. The molecule has 148 valence electrons. The Kier molecular flexibility index (Phi) is 5.03. The van der Waals surface area contributed by atoms with Crippen LogP contribution in [-0.2, 0) is 9.47 Å². The summed E-state index contributed by atoms with van der Waals surface area (Å²) in [5, 5.41) is 3.29. The number of hydrogen-bond donors (Lipinski definition) is 1. The van der Waals surface area contributed by atoms with Crippen LogP contribution in [0.4, 0.5) is 11.5 Å². The predicted molar refractivity (Wildman–Crippen MR) is 106 cm³/mol. The molecule has 0 aliphatic carbocycles. The third-order valence-electron chi connectivity index (χ3n) is 5.46. The second-order valence-corrected chi connectivity index (χ2v) is 7.51. The molecule has 3 heterocycles. The van der Waals surface area contributed by atoms with Gasteiger partial charge in [-0.25, -0.2) is 9.97 Å². The van der Waals surface area contributed by atoms with Crippen LogP contribution in [0.2, 0.25) is 0 Å². The second-order valence-electron chi connectivity index (χ2n) is 7.51. The summed E-state index contributed by atoms with van der Waals surface area (Å²) in [5.41, 5.74) is 3.78. The highest BCUT2D eigenvalue weighted by molar-refractivity contribution is 5.93. The van der Waals surface area contributed by atoms with Crippen LogP contribution >= 0.6 is 0 Å². The fourth-order valence-electron chi connectivity index (χ4n) is 3.71. The molecule has 1 aromatic carbocycles. The first kappa shape index (κ1) is 18.8. The van der Waals surface area contributed by atoms with Crippen molar-refractivity contribution in [1.82, 2.24) is 14.9 Å². The van der Waals surface area contributed by atoms with Crippen LogP contribution in [0.3, 0.4) is 0 Å². The quantitative estimate of drug-likeness (QED) is 0.879. The second kappa shape index (κ2) is 7.48. The van der Waals surface area contributed by atoms with Crippen molar-refractivity contribution in [2.45, 2.75) is 39.4 Å². The number of likely N-dealkylation sites (tertiary alicyclic amines) is 1. The van der Waals surface area contributed by atoms with Crippen LogP contribution in [0.5, 0.6) is 0 Å². The summed E-state index contributed by atoms with van der Waals surface area (Å²) < 4.78 is 11.5. The summed E-state index contributed by atoms with van der Waals surface area (Å²) in [7, 11) is 0. The van der Waals surface area contributed by atoms with Crippen molar-refractivity contribution in [2.75, 3.05) is 31.6 Å². The summed E-state index contributed by atoms with van der Waals surface area (Å²) >= 11 is 0. The number of carbonyl (C=O) groups excluding carboxylic acids is 1. The number of aryl methyl sites for hydroxylation is 3. The molecule has 28 heavy (non-hydrogen) atoms. The number of ether oxygens (including phenoxy) is 2. The molecule has 2 aliphatic heterocycles.